The van der Waals surface area contributed by atoms with Crippen LogP contribution in [0.5, 0.6) is 5.75 Å². The highest BCUT2D eigenvalue weighted by atomic mass is 35.5. The molecule has 1 amide bonds. The van der Waals surface area contributed by atoms with E-state index in [4.69, 9.17) is 27.9 Å². The summed E-state index contributed by atoms with van der Waals surface area (Å²) in [5.74, 6) is 0.824. The van der Waals surface area contributed by atoms with Crippen LogP contribution in [0.2, 0.25) is 10.0 Å². The molecule has 0 spiro atoms. The molecule has 3 aromatic rings. The van der Waals surface area contributed by atoms with E-state index in [0.717, 1.165) is 74.3 Å². The van der Waals surface area contributed by atoms with Gasteiger partial charge in [-0.15, -0.1) is 12.4 Å². The Morgan fingerprint density at radius 1 is 0.927 bits per heavy atom. The number of hydrogen-bond acceptors (Lipinski definition) is 4. The number of nitrogens with zero attached hydrogens (tertiary/aromatic N) is 2. The first-order chi connectivity index (χ1) is 19.3. The molecular weight excluding hydrogens is 579 g/mol. The van der Waals surface area contributed by atoms with E-state index in [1.807, 2.05) is 71.6 Å². The summed E-state index contributed by atoms with van der Waals surface area (Å²) in [6.45, 7) is 4.01. The first-order valence-corrected chi connectivity index (χ1v) is 15.0. The minimum atomic E-state index is -0.869. The van der Waals surface area contributed by atoms with Crippen LogP contribution < -0.4 is 4.74 Å². The Kier molecular flexibility index (Phi) is 10.6. The number of piperidine rings is 2. The molecule has 0 bridgehead atoms. The summed E-state index contributed by atoms with van der Waals surface area (Å²) < 4.78 is 5.53. The van der Waals surface area contributed by atoms with Crippen molar-refractivity contribution in [3.63, 3.8) is 0 Å². The van der Waals surface area contributed by atoms with Crippen LogP contribution in [-0.4, -0.2) is 60.6 Å². The molecule has 2 fully saturated rings. The van der Waals surface area contributed by atoms with E-state index in [1.54, 1.807) is 7.11 Å². The monoisotopic (exact) mass is 616 g/mol. The summed E-state index contributed by atoms with van der Waals surface area (Å²) in [5, 5.41) is 12.5. The second kappa shape index (κ2) is 13.8. The number of likely N-dealkylation sites (tertiary alicyclic amines) is 2. The SMILES string of the molecule is COc1ccccc1C1(O)CCN(CCCC2(c3ccc(Cl)c(Cl)c3)CCCN(C(=O)c3ccccc3)C2)CC1.Cl. The predicted molar refractivity (Wildman–Crippen MR) is 169 cm³/mol. The highest BCUT2D eigenvalue weighted by Gasteiger charge is 2.40. The normalized spacial score (nSPS) is 20.7. The molecule has 3 aromatic carbocycles. The smallest absolute Gasteiger partial charge is 0.253 e. The van der Waals surface area contributed by atoms with E-state index >= 15 is 0 Å². The van der Waals surface area contributed by atoms with Gasteiger partial charge in [0.15, 0.2) is 0 Å². The van der Waals surface area contributed by atoms with Gasteiger partial charge in [0, 0.05) is 42.7 Å². The topological polar surface area (TPSA) is 53.0 Å². The Labute approximate surface area is 259 Å². The van der Waals surface area contributed by atoms with Crippen molar-refractivity contribution in [3.8, 4) is 5.75 Å². The second-order valence-electron chi connectivity index (χ2n) is 11.3. The van der Waals surface area contributed by atoms with Crippen LogP contribution in [0.25, 0.3) is 0 Å². The lowest BCUT2D eigenvalue weighted by atomic mass is 9.70. The summed E-state index contributed by atoms with van der Waals surface area (Å²) in [7, 11) is 1.65. The van der Waals surface area contributed by atoms with Gasteiger partial charge in [0.25, 0.3) is 5.91 Å². The lowest BCUT2D eigenvalue weighted by molar-refractivity contribution is -0.0280. The van der Waals surface area contributed by atoms with E-state index in [0.29, 0.717) is 29.4 Å². The molecule has 1 N–H and O–H groups in total. The van der Waals surface area contributed by atoms with E-state index in [-0.39, 0.29) is 23.7 Å². The predicted octanol–water partition coefficient (Wildman–Crippen LogP) is 7.36. The molecule has 41 heavy (non-hydrogen) atoms. The number of hydrogen-bond donors (Lipinski definition) is 1. The van der Waals surface area contributed by atoms with Gasteiger partial charge >= 0.3 is 0 Å². The minimum Gasteiger partial charge on any atom is -0.496 e. The maximum atomic E-state index is 13.4. The summed E-state index contributed by atoms with van der Waals surface area (Å²) in [4.78, 5) is 17.9. The van der Waals surface area contributed by atoms with Crippen molar-refractivity contribution in [2.75, 3.05) is 39.8 Å². The van der Waals surface area contributed by atoms with Crippen molar-refractivity contribution in [2.45, 2.75) is 49.5 Å². The fourth-order valence-corrected chi connectivity index (χ4v) is 6.86. The van der Waals surface area contributed by atoms with E-state index in [2.05, 4.69) is 11.0 Å². The standard InChI is InChI=1S/C33H38Cl2N2O3.ClH/c1-40-30-12-6-5-11-27(30)33(39)17-21-36(22-18-33)19-7-15-32(26-13-14-28(34)29(35)23-26)16-8-20-37(24-32)31(38)25-9-3-2-4-10-25;/h2-6,9-14,23,39H,7-8,15-22,24H2,1H3;1H. The number of carbonyl (C=O) groups excluding carboxylic acids is 1. The van der Waals surface area contributed by atoms with Crippen LogP contribution in [0, 0.1) is 0 Å². The number of amides is 1. The van der Waals surface area contributed by atoms with Crippen molar-refractivity contribution >= 4 is 41.5 Å². The molecule has 1 unspecified atom stereocenters. The number of rotatable bonds is 8. The minimum absolute atomic E-state index is 0. The molecule has 5 rings (SSSR count). The van der Waals surface area contributed by atoms with Crippen LogP contribution in [0.1, 0.15) is 60.0 Å². The Hall–Kier alpha value is -2.28. The number of benzene rings is 3. The molecule has 8 heteroatoms. The molecular formula is C33H39Cl3N2O3. The number of methoxy groups -OCH3 is 1. The van der Waals surface area contributed by atoms with Gasteiger partial charge in [-0.3, -0.25) is 4.79 Å². The number of ether oxygens (including phenoxy) is 1. The van der Waals surface area contributed by atoms with Gasteiger partial charge < -0.3 is 19.6 Å². The van der Waals surface area contributed by atoms with E-state index in [1.165, 1.54) is 0 Å². The zero-order valence-electron chi connectivity index (χ0n) is 23.5. The Morgan fingerprint density at radius 2 is 1.63 bits per heavy atom. The van der Waals surface area contributed by atoms with Crippen molar-refractivity contribution in [2.24, 2.45) is 0 Å². The summed E-state index contributed by atoms with van der Waals surface area (Å²) in [6, 6.07) is 23.3. The summed E-state index contributed by atoms with van der Waals surface area (Å²) in [6.07, 6.45) is 5.21. The zero-order chi connectivity index (χ0) is 28.2. The quantitative estimate of drug-likeness (QED) is 0.287. The first kappa shape index (κ1) is 31.7. The van der Waals surface area contributed by atoms with E-state index in [9.17, 15) is 9.90 Å². The van der Waals surface area contributed by atoms with Gasteiger partial charge in [0.2, 0.25) is 0 Å². The Morgan fingerprint density at radius 3 is 2.34 bits per heavy atom. The largest absolute Gasteiger partial charge is 0.496 e. The molecule has 2 aliphatic rings. The van der Waals surface area contributed by atoms with Gasteiger partial charge in [-0.2, -0.15) is 0 Å². The van der Waals surface area contributed by atoms with Crippen molar-refractivity contribution < 1.29 is 14.6 Å². The molecule has 5 nitrogen and oxygen atoms in total. The fourth-order valence-electron chi connectivity index (χ4n) is 6.56. The lowest BCUT2D eigenvalue weighted by Crippen LogP contribution is -2.49. The summed E-state index contributed by atoms with van der Waals surface area (Å²) in [5.41, 5.74) is 1.69. The molecule has 2 heterocycles. The highest BCUT2D eigenvalue weighted by molar-refractivity contribution is 6.42. The van der Waals surface area contributed by atoms with E-state index < -0.39 is 5.60 Å². The molecule has 0 saturated carbocycles. The van der Waals surface area contributed by atoms with Crippen LogP contribution >= 0.6 is 35.6 Å². The van der Waals surface area contributed by atoms with Gasteiger partial charge in [0.05, 0.1) is 22.8 Å². The van der Waals surface area contributed by atoms with Crippen LogP contribution in [0.15, 0.2) is 72.8 Å². The maximum Gasteiger partial charge on any atom is 0.253 e. The lowest BCUT2D eigenvalue weighted by Gasteiger charge is -2.44. The number of para-hydroxylation sites is 1. The third kappa shape index (κ3) is 7.03. The second-order valence-corrected chi connectivity index (χ2v) is 12.1. The van der Waals surface area contributed by atoms with Gasteiger partial charge in [0.1, 0.15) is 5.75 Å². The molecule has 1 atom stereocenters. The molecule has 0 aromatic heterocycles. The average Bonchev–Trinajstić information content (AvgIpc) is 2.99. The third-order valence-corrected chi connectivity index (χ3v) is 9.58. The van der Waals surface area contributed by atoms with Crippen LogP contribution in [0.4, 0.5) is 0 Å². The van der Waals surface area contributed by atoms with Gasteiger partial charge in [-0.25, -0.2) is 0 Å². The van der Waals surface area contributed by atoms with Crippen molar-refractivity contribution in [1.82, 2.24) is 9.80 Å². The Balaban J connectivity index is 0.00000387. The molecule has 0 radical (unpaired) electrons. The molecule has 0 aliphatic carbocycles. The fraction of sp³-hybridized carbons (Fsp3) is 0.424. The van der Waals surface area contributed by atoms with Crippen molar-refractivity contribution in [1.29, 1.82) is 0 Å². The van der Waals surface area contributed by atoms with Gasteiger partial charge in [-0.1, -0.05) is 65.7 Å². The van der Waals surface area contributed by atoms with Crippen LogP contribution in [0.3, 0.4) is 0 Å². The first-order valence-electron chi connectivity index (χ1n) is 14.2. The van der Waals surface area contributed by atoms with Crippen LogP contribution in [-0.2, 0) is 11.0 Å². The number of halogens is 3. The van der Waals surface area contributed by atoms with Gasteiger partial charge in [-0.05, 0) is 81.0 Å². The highest BCUT2D eigenvalue weighted by Crippen LogP contribution is 2.42. The summed E-state index contributed by atoms with van der Waals surface area (Å²) >= 11 is 12.8. The Bertz CT molecular complexity index is 1310. The zero-order valence-corrected chi connectivity index (χ0v) is 25.9. The average molecular weight is 618 g/mol. The number of aliphatic hydroxyl groups is 1. The number of carbonyl (C=O) groups is 1. The third-order valence-electron chi connectivity index (χ3n) is 8.84. The maximum absolute atomic E-state index is 13.4. The van der Waals surface area contributed by atoms with Crippen molar-refractivity contribution in [3.05, 3.63) is 99.5 Å². The molecule has 2 aliphatic heterocycles. The molecule has 2 saturated heterocycles. The molecule has 220 valence electrons.